The number of Topliss-reactive ketones (excluding diaryl/α,β-unsaturated/α-hetero) is 1. The van der Waals surface area contributed by atoms with Crippen LogP contribution >= 0.6 is 15.9 Å². The molecule has 1 N–H and O–H groups in total. The summed E-state index contributed by atoms with van der Waals surface area (Å²) in [6.07, 6.45) is 0. The number of fused-ring (bicyclic) bond motifs is 1. The third-order valence-electron chi connectivity index (χ3n) is 2.79. The number of methoxy groups -OCH3 is 1. The number of phenolic OH excluding ortho intramolecular Hbond substituents is 1. The third kappa shape index (κ3) is 1.78. The first-order valence-electron chi connectivity index (χ1n) is 5.15. The molecule has 0 saturated carbocycles. The number of benzene rings is 1. The predicted molar refractivity (Wildman–Crippen MR) is 66.4 cm³/mol. The van der Waals surface area contributed by atoms with Crippen LogP contribution in [0.4, 0.5) is 0 Å². The molecule has 92 valence electrons. The molecule has 1 aromatic carbocycles. The van der Waals surface area contributed by atoms with Crippen LogP contribution in [0.5, 0.6) is 17.2 Å². The summed E-state index contributed by atoms with van der Waals surface area (Å²) in [7, 11) is 1.45. The Hall–Kier alpha value is -1.23. The van der Waals surface area contributed by atoms with Gasteiger partial charge < -0.3 is 14.6 Å². The first-order chi connectivity index (χ1) is 7.88. The summed E-state index contributed by atoms with van der Waals surface area (Å²) in [5.41, 5.74) is -0.349. The van der Waals surface area contributed by atoms with E-state index >= 15 is 0 Å². The van der Waals surface area contributed by atoms with Crippen molar-refractivity contribution < 1.29 is 19.4 Å². The summed E-state index contributed by atoms with van der Waals surface area (Å²) >= 11 is 3.32. The van der Waals surface area contributed by atoms with Gasteiger partial charge in [-0.15, -0.1) is 0 Å². The highest BCUT2D eigenvalue weighted by atomic mass is 79.9. The summed E-state index contributed by atoms with van der Waals surface area (Å²) in [6.45, 7) is 3.57. The van der Waals surface area contributed by atoms with Gasteiger partial charge in [0, 0.05) is 0 Å². The van der Waals surface area contributed by atoms with E-state index in [9.17, 15) is 9.90 Å². The van der Waals surface area contributed by atoms with Crippen molar-refractivity contribution in [3.8, 4) is 17.2 Å². The van der Waals surface area contributed by atoms with Gasteiger partial charge in [-0.3, -0.25) is 4.79 Å². The molecule has 17 heavy (non-hydrogen) atoms. The Balaban J connectivity index is 2.61. The van der Waals surface area contributed by atoms with Crippen molar-refractivity contribution in [2.24, 2.45) is 0 Å². The number of hydrogen-bond acceptors (Lipinski definition) is 4. The molecular weight excluding hydrogens is 288 g/mol. The van der Waals surface area contributed by atoms with Gasteiger partial charge in [0.1, 0.15) is 10.4 Å². The fraction of sp³-hybridized carbons (Fsp3) is 0.417. The topological polar surface area (TPSA) is 55.8 Å². The summed E-state index contributed by atoms with van der Waals surface area (Å²) in [4.78, 5) is 11.7. The Morgan fingerprint density at radius 3 is 2.71 bits per heavy atom. The fourth-order valence-electron chi connectivity index (χ4n) is 1.78. The van der Waals surface area contributed by atoms with Crippen LogP contribution in [0.15, 0.2) is 12.1 Å². The van der Waals surface area contributed by atoms with E-state index in [0.717, 1.165) is 0 Å². The van der Waals surface area contributed by atoms with Crippen molar-refractivity contribution in [3.63, 3.8) is 0 Å². The van der Waals surface area contributed by atoms with Gasteiger partial charge in [-0.25, -0.2) is 0 Å². The molecule has 0 aromatic heterocycles. The largest absolute Gasteiger partial charge is 0.502 e. The van der Waals surface area contributed by atoms with Gasteiger partial charge in [-0.2, -0.15) is 0 Å². The number of phenols is 1. The molecule has 1 heterocycles. The summed E-state index contributed by atoms with van der Waals surface area (Å²) in [6, 6.07) is 3.15. The Kier molecular flexibility index (Phi) is 2.81. The first kappa shape index (κ1) is 12.2. The number of ether oxygens (including phenoxy) is 2. The summed E-state index contributed by atoms with van der Waals surface area (Å²) in [5.74, 6) is 0.246. The van der Waals surface area contributed by atoms with Gasteiger partial charge in [0.2, 0.25) is 5.75 Å². The van der Waals surface area contributed by atoms with Gasteiger partial charge in [0.15, 0.2) is 17.3 Å². The minimum Gasteiger partial charge on any atom is -0.502 e. The summed E-state index contributed by atoms with van der Waals surface area (Å²) < 4.78 is 10.7. The van der Waals surface area contributed by atoms with Crippen molar-refractivity contribution >= 4 is 21.7 Å². The molecule has 0 radical (unpaired) electrons. The van der Waals surface area contributed by atoms with E-state index in [-0.39, 0.29) is 17.3 Å². The van der Waals surface area contributed by atoms with E-state index < -0.39 is 10.4 Å². The Bertz CT molecular complexity index is 482. The highest BCUT2D eigenvalue weighted by molar-refractivity contribution is 9.10. The average Bonchev–Trinajstić information content (AvgIpc) is 2.28. The zero-order valence-corrected chi connectivity index (χ0v) is 11.4. The predicted octanol–water partition coefficient (Wildman–Crippen LogP) is 2.52. The third-order valence-corrected chi connectivity index (χ3v) is 4.30. The maximum absolute atomic E-state index is 12.1. The standard InChI is InChI=1S/C12H13BrO4/c1-12(2)11(13)8(14)6-4-5-7(16-3)9(15)10(6)17-12/h4-5,11,15H,1-3H3. The normalized spacial score (nSPS) is 21.6. The van der Waals surface area contributed by atoms with E-state index in [4.69, 9.17) is 9.47 Å². The average molecular weight is 301 g/mol. The van der Waals surface area contributed by atoms with Crippen molar-refractivity contribution in [2.75, 3.05) is 7.11 Å². The highest BCUT2D eigenvalue weighted by Gasteiger charge is 2.43. The number of hydrogen-bond donors (Lipinski definition) is 1. The molecule has 0 aliphatic carbocycles. The van der Waals surface area contributed by atoms with Crippen LogP contribution in [0, 0.1) is 0 Å². The Morgan fingerprint density at radius 2 is 2.12 bits per heavy atom. The molecule has 0 fully saturated rings. The maximum atomic E-state index is 12.1. The molecule has 1 aliphatic rings. The second kappa shape index (κ2) is 3.91. The van der Waals surface area contributed by atoms with Crippen LogP contribution in [-0.2, 0) is 0 Å². The molecule has 0 saturated heterocycles. The van der Waals surface area contributed by atoms with Gasteiger partial charge in [0.05, 0.1) is 12.7 Å². The lowest BCUT2D eigenvalue weighted by molar-refractivity contribution is 0.0647. The van der Waals surface area contributed by atoms with E-state index in [2.05, 4.69) is 15.9 Å². The molecule has 1 aliphatic heterocycles. The monoisotopic (exact) mass is 300 g/mol. The second-order valence-corrected chi connectivity index (χ2v) is 5.34. The smallest absolute Gasteiger partial charge is 0.201 e. The van der Waals surface area contributed by atoms with Crippen LogP contribution in [0.3, 0.4) is 0 Å². The first-order valence-corrected chi connectivity index (χ1v) is 6.07. The molecule has 4 nitrogen and oxygen atoms in total. The number of alkyl halides is 1. The Labute approximate surface area is 108 Å². The molecular formula is C12H13BrO4. The molecule has 1 unspecified atom stereocenters. The van der Waals surface area contributed by atoms with Crippen molar-refractivity contribution in [1.82, 2.24) is 0 Å². The van der Waals surface area contributed by atoms with Gasteiger partial charge in [-0.1, -0.05) is 15.9 Å². The van der Waals surface area contributed by atoms with Crippen LogP contribution in [0.2, 0.25) is 0 Å². The molecule has 0 amide bonds. The lowest BCUT2D eigenvalue weighted by atomic mass is 9.92. The highest BCUT2D eigenvalue weighted by Crippen LogP contribution is 2.45. The minimum atomic E-state index is -0.714. The zero-order valence-electron chi connectivity index (χ0n) is 9.78. The van der Waals surface area contributed by atoms with Crippen LogP contribution in [0.1, 0.15) is 24.2 Å². The van der Waals surface area contributed by atoms with Crippen molar-refractivity contribution in [2.45, 2.75) is 24.3 Å². The fourth-order valence-corrected chi connectivity index (χ4v) is 2.12. The maximum Gasteiger partial charge on any atom is 0.201 e. The molecule has 1 atom stereocenters. The number of carbonyl (C=O) groups is 1. The van der Waals surface area contributed by atoms with Crippen molar-refractivity contribution in [3.05, 3.63) is 17.7 Å². The number of carbonyl (C=O) groups excluding carboxylic acids is 1. The Morgan fingerprint density at radius 1 is 1.47 bits per heavy atom. The molecule has 5 heteroatoms. The molecule has 0 bridgehead atoms. The van der Waals surface area contributed by atoms with Crippen LogP contribution in [-0.4, -0.2) is 28.4 Å². The van der Waals surface area contributed by atoms with Crippen molar-refractivity contribution in [1.29, 1.82) is 0 Å². The van der Waals surface area contributed by atoms with Gasteiger partial charge >= 0.3 is 0 Å². The zero-order chi connectivity index (χ0) is 12.8. The SMILES string of the molecule is COc1ccc2c(c1O)OC(C)(C)C(Br)C2=O. The number of ketones is 1. The summed E-state index contributed by atoms with van der Waals surface area (Å²) in [5, 5.41) is 9.95. The second-order valence-electron chi connectivity index (χ2n) is 4.43. The van der Waals surface area contributed by atoms with Gasteiger partial charge in [0.25, 0.3) is 0 Å². The molecule has 1 aromatic rings. The quantitative estimate of drug-likeness (QED) is 0.810. The number of aromatic hydroxyl groups is 1. The van der Waals surface area contributed by atoms with E-state index in [1.165, 1.54) is 7.11 Å². The lowest BCUT2D eigenvalue weighted by Crippen LogP contribution is -2.46. The van der Waals surface area contributed by atoms with Gasteiger partial charge in [-0.05, 0) is 26.0 Å². The minimum absolute atomic E-state index is 0.103. The van der Waals surface area contributed by atoms with E-state index in [1.54, 1.807) is 26.0 Å². The molecule has 0 spiro atoms. The molecule has 2 rings (SSSR count). The van der Waals surface area contributed by atoms with E-state index in [0.29, 0.717) is 11.3 Å². The number of rotatable bonds is 1. The van der Waals surface area contributed by atoms with Crippen LogP contribution < -0.4 is 9.47 Å². The van der Waals surface area contributed by atoms with E-state index in [1.807, 2.05) is 0 Å². The van der Waals surface area contributed by atoms with Crippen LogP contribution in [0.25, 0.3) is 0 Å². The number of halogens is 1. The lowest BCUT2D eigenvalue weighted by Gasteiger charge is -2.36.